The summed E-state index contributed by atoms with van der Waals surface area (Å²) in [7, 11) is 1.34. The molecule has 0 unspecified atom stereocenters. The maximum Gasteiger partial charge on any atom is 0.337 e. The lowest BCUT2D eigenvalue weighted by Gasteiger charge is -2.10. The summed E-state index contributed by atoms with van der Waals surface area (Å²) in [5.41, 5.74) is 3.51. The third-order valence-corrected chi connectivity index (χ3v) is 5.04. The van der Waals surface area contributed by atoms with E-state index in [0.29, 0.717) is 44.5 Å². The van der Waals surface area contributed by atoms with Crippen molar-refractivity contribution < 1.29 is 9.53 Å². The molecule has 7 nitrogen and oxygen atoms in total. The number of aromatic nitrogens is 4. The first-order valence-electron chi connectivity index (χ1n) is 8.61. The van der Waals surface area contributed by atoms with Crippen LogP contribution in [0.25, 0.3) is 11.2 Å². The van der Waals surface area contributed by atoms with E-state index in [0.717, 1.165) is 5.56 Å². The lowest BCUT2D eigenvalue weighted by molar-refractivity contribution is 0.0601. The van der Waals surface area contributed by atoms with Crippen LogP contribution >= 0.6 is 23.2 Å². The number of benzene rings is 2. The summed E-state index contributed by atoms with van der Waals surface area (Å²) in [4.78, 5) is 28.2. The normalized spacial score (nSPS) is 11.8. The van der Waals surface area contributed by atoms with Crippen molar-refractivity contribution in [2.24, 2.45) is 4.99 Å². The lowest BCUT2D eigenvalue weighted by Crippen LogP contribution is -2.15. The van der Waals surface area contributed by atoms with E-state index in [4.69, 9.17) is 27.9 Å². The fourth-order valence-corrected chi connectivity index (χ4v) is 3.43. The monoisotopic (exact) mass is 427 g/mol. The van der Waals surface area contributed by atoms with Crippen molar-refractivity contribution in [1.82, 2.24) is 19.5 Å². The van der Waals surface area contributed by atoms with Crippen LogP contribution in [0.2, 0.25) is 10.0 Å². The summed E-state index contributed by atoms with van der Waals surface area (Å²) < 4.78 is 6.59. The Morgan fingerprint density at radius 3 is 2.69 bits per heavy atom. The summed E-state index contributed by atoms with van der Waals surface area (Å²) in [5, 5.41) is 1.14. The number of hydrogen-bond donors (Lipinski definition) is 1. The van der Waals surface area contributed by atoms with E-state index in [9.17, 15) is 4.79 Å². The number of methoxy groups -OCH3 is 1. The maximum atomic E-state index is 11.7. The van der Waals surface area contributed by atoms with Crippen LogP contribution in [0.5, 0.6) is 0 Å². The van der Waals surface area contributed by atoms with Crippen LogP contribution in [0.3, 0.4) is 0 Å². The Hall–Kier alpha value is -3.16. The molecule has 4 aromatic rings. The molecule has 9 heteroatoms. The van der Waals surface area contributed by atoms with Crippen LogP contribution in [0.1, 0.15) is 15.9 Å². The molecule has 1 N–H and O–H groups in total. The van der Waals surface area contributed by atoms with Crippen molar-refractivity contribution in [1.29, 1.82) is 0 Å². The van der Waals surface area contributed by atoms with Crippen molar-refractivity contribution in [3.05, 3.63) is 81.8 Å². The molecule has 0 fully saturated rings. The van der Waals surface area contributed by atoms with Gasteiger partial charge >= 0.3 is 5.97 Å². The highest BCUT2D eigenvalue weighted by Crippen LogP contribution is 2.25. The molecule has 146 valence electrons. The molecular weight excluding hydrogens is 413 g/mol. The predicted molar refractivity (Wildman–Crippen MR) is 110 cm³/mol. The number of aromatic amines is 1. The van der Waals surface area contributed by atoms with Gasteiger partial charge in [0.05, 0.1) is 37.6 Å². The van der Waals surface area contributed by atoms with Gasteiger partial charge in [0.2, 0.25) is 0 Å². The Kier molecular flexibility index (Phi) is 5.33. The molecule has 2 heterocycles. The minimum Gasteiger partial charge on any atom is -0.465 e. The Balaban J connectivity index is 1.78. The molecule has 0 radical (unpaired) electrons. The predicted octanol–water partition coefficient (Wildman–Crippen LogP) is 4.13. The number of ether oxygens (including phenoxy) is 1. The van der Waals surface area contributed by atoms with Crippen molar-refractivity contribution in [3.63, 3.8) is 0 Å². The van der Waals surface area contributed by atoms with Crippen LogP contribution in [0.15, 0.2) is 60.1 Å². The third kappa shape index (κ3) is 3.87. The van der Waals surface area contributed by atoms with E-state index in [2.05, 4.69) is 19.9 Å². The van der Waals surface area contributed by atoms with Crippen molar-refractivity contribution in [3.8, 4) is 0 Å². The topological polar surface area (TPSA) is 85.2 Å². The Bertz CT molecular complexity index is 1260. The molecule has 0 saturated carbocycles. The number of fused-ring (bicyclic) bond motifs is 1. The highest BCUT2D eigenvalue weighted by atomic mass is 35.5. The number of halogens is 2. The minimum absolute atomic E-state index is 0.408. The number of carbonyl (C=O) groups excluding carboxylic acids is 1. The first-order chi connectivity index (χ1) is 14.1. The number of esters is 1. The largest absolute Gasteiger partial charge is 0.465 e. The second-order valence-electron chi connectivity index (χ2n) is 6.15. The van der Waals surface area contributed by atoms with Crippen LogP contribution in [0.4, 0.5) is 5.69 Å². The molecule has 0 bridgehead atoms. The fraction of sp³-hybridized carbons (Fsp3) is 0.100. The van der Waals surface area contributed by atoms with Gasteiger partial charge < -0.3 is 14.3 Å². The summed E-state index contributed by atoms with van der Waals surface area (Å²) in [6.07, 6.45) is 3.20. The average Bonchev–Trinajstić information content (AvgIpc) is 3.22. The van der Waals surface area contributed by atoms with E-state index in [1.807, 2.05) is 4.57 Å². The average molecular weight is 428 g/mol. The van der Waals surface area contributed by atoms with Gasteiger partial charge in [0.25, 0.3) is 0 Å². The highest BCUT2D eigenvalue weighted by molar-refractivity contribution is 6.36. The zero-order valence-electron chi connectivity index (χ0n) is 15.3. The molecule has 0 amide bonds. The molecule has 4 rings (SSSR count). The molecule has 2 aromatic carbocycles. The SMILES string of the molecule is COC(=O)c1cccc(N=c2ncn(Cc3c(Cl)cccc3Cl)c3nc[nH]c23)c1. The number of H-pyrrole nitrogens is 1. The molecule has 0 aliphatic heterocycles. The first-order valence-corrected chi connectivity index (χ1v) is 9.37. The smallest absolute Gasteiger partial charge is 0.337 e. The molecule has 0 aliphatic rings. The van der Waals surface area contributed by atoms with Gasteiger partial charge in [0.15, 0.2) is 11.1 Å². The van der Waals surface area contributed by atoms with Crippen LogP contribution in [-0.2, 0) is 11.3 Å². The lowest BCUT2D eigenvalue weighted by atomic mass is 10.2. The minimum atomic E-state index is -0.427. The number of imidazole rings is 1. The van der Waals surface area contributed by atoms with Crippen molar-refractivity contribution in [2.45, 2.75) is 6.54 Å². The first kappa shape index (κ1) is 19.2. The van der Waals surface area contributed by atoms with Crippen LogP contribution < -0.4 is 5.49 Å². The number of rotatable bonds is 4. The Morgan fingerprint density at radius 2 is 1.93 bits per heavy atom. The molecular formula is C20H15Cl2N5O2. The van der Waals surface area contributed by atoms with Gasteiger partial charge in [0, 0.05) is 15.6 Å². The number of hydrogen-bond acceptors (Lipinski definition) is 5. The van der Waals surface area contributed by atoms with E-state index >= 15 is 0 Å². The molecule has 0 saturated heterocycles. The zero-order chi connectivity index (χ0) is 20.4. The van der Waals surface area contributed by atoms with E-state index in [1.54, 1.807) is 55.1 Å². The Labute approximate surface area is 175 Å². The van der Waals surface area contributed by atoms with E-state index in [-0.39, 0.29) is 0 Å². The zero-order valence-corrected chi connectivity index (χ0v) is 16.8. The van der Waals surface area contributed by atoms with E-state index in [1.165, 1.54) is 7.11 Å². The fourth-order valence-electron chi connectivity index (χ4n) is 2.91. The van der Waals surface area contributed by atoms with Gasteiger partial charge in [-0.3, -0.25) is 0 Å². The molecule has 29 heavy (non-hydrogen) atoms. The summed E-state index contributed by atoms with van der Waals surface area (Å²) in [6.45, 7) is 0.408. The molecule has 2 aromatic heterocycles. The Morgan fingerprint density at radius 1 is 1.17 bits per heavy atom. The van der Waals surface area contributed by atoms with E-state index < -0.39 is 5.97 Å². The van der Waals surface area contributed by atoms with Crippen molar-refractivity contribution >= 4 is 46.0 Å². The molecule has 0 aliphatic carbocycles. The van der Waals surface area contributed by atoms with Crippen LogP contribution in [-0.4, -0.2) is 32.6 Å². The van der Waals surface area contributed by atoms with Gasteiger partial charge in [0.1, 0.15) is 5.52 Å². The summed E-state index contributed by atoms with van der Waals surface area (Å²) >= 11 is 12.6. The second kappa shape index (κ2) is 8.06. The molecule has 0 atom stereocenters. The summed E-state index contributed by atoms with van der Waals surface area (Å²) in [6, 6.07) is 12.2. The van der Waals surface area contributed by atoms with Gasteiger partial charge in [-0.2, -0.15) is 0 Å². The van der Waals surface area contributed by atoms with Gasteiger partial charge in [-0.25, -0.2) is 19.8 Å². The third-order valence-electron chi connectivity index (χ3n) is 4.33. The quantitative estimate of drug-likeness (QED) is 0.496. The number of nitrogens with zero attached hydrogens (tertiary/aromatic N) is 4. The number of nitrogens with one attached hydrogen (secondary N) is 1. The van der Waals surface area contributed by atoms with Gasteiger partial charge in [-0.15, -0.1) is 0 Å². The maximum absolute atomic E-state index is 11.7. The van der Waals surface area contributed by atoms with Gasteiger partial charge in [-0.1, -0.05) is 35.3 Å². The van der Waals surface area contributed by atoms with Crippen LogP contribution in [0, 0.1) is 0 Å². The highest BCUT2D eigenvalue weighted by Gasteiger charge is 2.11. The molecule has 0 spiro atoms. The second-order valence-corrected chi connectivity index (χ2v) is 6.97. The van der Waals surface area contributed by atoms with Gasteiger partial charge in [-0.05, 0) is 30.3 Å². The number of carbonyl (C=O) groups is 1. The standard InChI is InChI=1S/C20H15Cl2N5O2/c1-29-20(28)12-4-2-5-13(8-12)26-18-17-19(24-10-23-17)27(11-25-18)9-14-15(21)6-3-7-16(14)22/h2-8,10-11H,9H2,1H3,(H,23,24). The summed E-state index contributed by atoms with van der Waals surface area (Å²) in [5.74, 6) is -0.427. The van der Waals surface area contributed by atoms with Crippen molar-refractivity contribution in [2.75, 3.05) is 7.11 Å².